The summed E-state index contributed by atoms with van der Waals surface area (Å²) >= 11 is 12.7. The topological polar surface area (TPSA) is 131 Å². The van der Waals surface area contributed by atoms with Gasteiger partial charge in [-0.1, -0.05) is 29.3 Å². The molecule has 1 unspecified atom stereocenters. The van der Waals surface area contributed by atoms with Crippen molar-refractivity contribution >= 4 is 44.9 Å². The van der Waals surface area contributed by atoms with Crippen LogP contribution in [0.25, 0.3) is 0 Å². The molecular formula is C33H34Cl2F5N3O9S. The van der Waals surface area contributed by atoms with Crippen molar-refractivity contribution < 1.29 is 63.6 Å². The molecule has 2 fully saturated rings. The first-order chi connectivity index (χ1) is 25.0. The maximum atomic E-state index is 13.8. The molecule has 1 aromatic heterocycles. The van der Waals surface area contributed by atoms with Crippen LogP contribution in [0.3, 0.4) is 0 Å². The Labute approximate surface area is 311 Å². The van der Waals surface area contributed by atoms with E-state index in [9.17, 15) is 40.4 Å². The Kier molecular flexibility index (Phi) is 13.0. The minimum atomic E-state index is -5.22. The lowest BCUT2D eigenvalue weighted by Crippen LogP contribution is -2.43. The number of hydrogen-bond acceptors (Lipinski definition) is 10. The molecule has 290 valence electrons. The van der Waals surface area contributed by atoms with Crippen molar-refractivity contribution in [3.05, 3.63) is 80.7 Å². The van der Waals surface area contributed by atoms with Gasteiger partial charge in [-0.15, -0.1) is 13.2 Å². The number of alkyl halides is 5. The van der Waals surface area contributed by atoms with Crippen molar-refractivity contribution in [3.63, 3.8) is 0 Å². The number of aromatic nitrogens is 1. The summed E-state index contributed by atoms with van der Waals surface area (Å²) in [6, 6.07) is 6.47. The summed E-state index contributed by atoms with van der Waals surface area (Å²) in [6.07, 6.45) is -2.24. The normalized spacial score (nSPS) is 15.9. The second-order valence-corrected chi connectivity index (χ2v) is 15.0. The molecule has 0 N–H and O–H groups in total. The largest absolute Gasteiger partial charge is 0.619 e. The predicted molar refractivity (Wildman–Crippen MR) is 181 cm³/mol. The molecular weight excluding hydrogens is 780 g/mol. The summed E-state index contributed by atoms with van der Waals surface area (Å²) in [7, 11) is -4.24. The summed E-state index contributed by atoms with van der Waals surface area (Å²) in [4.78, 5) is 15.7. The number of carbonyl (C=O) groups is 1. The Morgan fingerprint density at radius 1 is 1.06 bits per heavy atom. The molecule has 0 amide bonds. The van der Waals surface area contributed by atoms with Gasteiger partial charge in [-0.05, 0) is 54.7 Å². The summed E-state index contributed by atoms with van der Waals surface area (Å²) in [5.41, 5.74) is -0.614. The molecule has 0 spiro atoms. The van der Waals surface area contributed by atoms with Gasteiger partial charge in [-0.2, -0.15) is 13.5 Å². The van der Waals surface area contributed by atoms with Gasteiger partial charge in [-0.25, -0.2) is 13.2 Å². The third-order valence-corrected chi connectivity index (χ3v) is 10.1. The standard InChI is InChI=1S/C33H34Cl2F5N3O9S/c1-53(46,47)43(9-8-41-10-12-48-13-11-41)26-14-22(5-6-27(26)52-33(38,39)40)31(44)50-29(16-23-24(34)17-42(45)18-25(23)35)21-4-7-28(51-32(36)37)30(15-21)49-19-20-2-3-20/h4-7,14-15,17-18,20,29,32H,2-3,8-13,16,19H2,1H3. The predicted octanol–water partition coefficient (Wildman–Crippen LogP) is 6.15. The van der Waals surface area contributed by atoms with Crippen molar-refractivity contribution in [1.82, 2.24) is 4.90 Å². The van der Waals surface area contributed by atoms with E-state index in [0.717, 1.165) is 49.7 Å². The zero-order valence-corrected chi connectivity index (χ0v) is 30.3. The molecule has 2 heterocycles. The number of carbonyl (C=O) groups excluding carboxylic acids is 1. The Hall–Kier alpha value is -3.84. The lowest BCUT2D eigenvalue weighted by Gasteiger charge is -2.31. The van der Waals surface area contributed by atoms with Crippen molar-refractivity contribution in [2.45, 2.75) is 38.3 Å². The summed E-state index contributed by atoms with van der Waals surface area (Å²) in [6.45, 7) is -1.46. The first-order valence-corrected chi connectivity index (χ1v) is 18.7. The van der Waals surface area contributed by atoms with Gasteiger partial charge in [0.05, 0.1) is 37.3 Å². The maximum Gasteiger partial charge on any atom is 0.573 e. The Balaban J connectivity index is 1.52. The van der Waals surface area contributed by atoms with Crippen LogP contribution in [-0.2, 0) is 25.9 Å². The van der Waals surface area contributed by atoms with Gasteiger partial charge in [0.1, 0.15) is 16.1 Å². The van der Waals surface area contributed by atoms with E-state index in [1.54, 1.807) is 0 Å². The van der Waals surface area contributed by atoms with Crippen molar-refractivity contribution in [3.8, 4) is 17.2 Å². The number of benzene rings is 2. The highest BCUT2D eigenvalue weighted by molar-refractivity contribution is 7.92. The number of sulfonamides is 1. The summed E-state index contributed by atoms with van der Waals surface area (Å²) in [5.74, 6) is -2.18. The molecule has 12 nitrogen and oxygen atoms in total. The SMILES string of the molecule is CS(=O)(=O)N(CCN1CCOCC1)c1cc(C(=O)OC(Cc2c(Cl)c[n+]([O-])cc2Cl)c2ccc(OC(F)F)c(OCC3CC3)c2)ccc1OC(F)(F)F. The minimum Gasteiger partial charge on any atom is -0.619 e. The molecule has 1 atom stereocenters. The van der Waals surface area contributed by atoms with Gasteiger partial charge in [0.2, 0.25) is 10.0 Å². The number of morpholine rings is 1. The number of esters is 1. The van der Waals surface area contributed by atoms with Crippen LogP contribution in [0.5, 0.6) is 17.2 Å². The molecule has 53 heavy (non-hydrogen) atoms. The minimum absolute atomic E-state index is 0.0848. The highest BCUT2D eigenvalue weighted by Gasteiger charge is 2.35. The van der Waals surface area contributed by atoms with Gasteiger partial charge in [0.25, 0.3) is 0 Å². The van der Waals surface area contributed by atoms with Gasteiger partial charge in [0, 0.05) is 38.2 Å². The van der Waals surface area contributed by atoms with E-state index < -0.39 is 46.5 Å². The summed E-state index contributed by atoms with van der Waals surface area (Å²) in [5, 5.41) is 11.7. The average molecular weight is 815 g/mol. The zero-order chi connectivity index (χ0) is 38.5. The smallest absolute Gasteiger partial charge is 0.573 e. The van der Waals surface area contributed by atoms with Crippen LogP contribution in [0.1, 0.15) is 40.4 Å². The number of rotatable bonds is 16. The van der Waals surface area contributed by atoms with E-state index in [-0.39, 0.29) is 70.3 Å². The molecule has 0 radical (unpaired) electrons. The number of ether oxygens (including phenoxy) is 5. The van der Waals surface area contributed by atoms with E-state index in [4.69, 9.17) is 37.4 Å². The Morgan fingerprint density at radius 3 is 2.32 bits per heavy atom. The lowest BCUT2D eigenvalue weighted by molar-refractivity contribution is -0.605. The first kappa shape index (κ1) is 40.3. The van der Waals surface area contributed by atoms with E-state index in [2.05, 4.69) is 9.47 Å². The third-order valence-electron chi connectivity index (χ3n) is 8.24. The van der Waals surface area contributed by atoms with Crippen LogP contribution in [0.4, 0.5) is 27.6 Å². The highest BCUT2D eigenvalue weighted by atomic mass is 35.5. The lowest BCUT2D eigenvalue weighted by atomic mass is 10.0. The molecule has 1 saturated heterocycles. The molecule has 20 heteroatoms. The second kappa shape index (κ2) is 17.1. The molecule has 2 aliphatic rings. The van der Waals surface area contributed by atoms with Crippen LogP contribution >= 0.6 is 23.2 Å². The number of pyridine rings is 1. The van der Waals surface area contributed by atoms with Crippen LogP contribution < -0.4 is 23.2 Å². The fourth-order valence-electron chi connectivity index (χ4n) is 5.43. The molecule has 0 bridgehead atoms. The van der Waals surface area contributed by atoms with Crippen LogP contribution in [0.2, 0.25) is 10.0 Å². The van der Waals surface area contributed by atoms with Crippen molar-refractivity contribution in [2.75, 3.05) is 56.6 Å². The van der Waals surface area contributed by atoms with Gasteiger partial charge in [-0.3, -0.25) is 9.21 Å². The van der Waals surface area contributed by atoms with E-state index in [1.807, 2.05) is 4.90 Å². The quantitative estimate of drug-likeness (QED) is 0.0718. The third kappa shape index (κ3) is 11.6. The molecule has 1 saturated carbocycles. The molecule has 2 aromatic carbocycles. The number of nitrogens with zero attached hydrogens (tertiary/aromatic N) is 3. The van der Waals surface area contributed by atoms with Crippen molar-refractivity contribution in [2.24, 2.45) is 5.92 Å². The number of halogens is 7. The molecule has 1 aliphatic carbocycles. The van der Waals surface area contributed by atoms with Crippen LogP contribution in [0, 0.1) is 11.1 Å². The van der Waals surface area contributed by atoms with Crippen LogP contribution in [-0.4, -0.2) is 84.5 Å². The van der Waals surface area contributed by atoms with E-state index in [1.165, 1.54) is 18.2 Å². The molecule has 3 aromatic rings. The Bertz CT molecular complexity index is 1860. The van der Waals surface area contributed by atoms with E-state index in [0.29, 0.717) is 35.3 Å². The molecule has 5 rings (SSSR count). The average Bonchev–Trinajstić information content (AvgIpc) is 3.90. The van der Waals surface area contributed by atoms with Crippen LogP contribution in [0.15, 0.2) is 48.8 Å². The number of anilines is 1. The highest BCUT2D eigenvalue weighted by Crippen LogP contribution is 2.39. The fraction of sp³-hybridized carbons (Fsp3) is 0.455. The number of hydrogen-bond donors (Lipinski definition) is 0. The van der Waals surface area contributed by atoms with Crippen molar-refractivity contribution in [1.29, 1.82) is 0 Å². The van der Waals surface area contributed by atoms with E-state index >= 15 is 0 Å². The van der Waals surface area contributed by atoms with Gasteiger partial charge in [0.15, 0.2) is 29.6 Å². The first-order valence-electron chi connectivity index (χ1n) is 16.1. The maximum absolute atomic E-state index is 13.8. The summed E-state index contributed by atoms with van der Waals surface area (Å²) < 4.78 is 120. The zero-order valence-electron chi connectivity index (χ0n) is 28.0. The van der Waals surface area contributed by atoms with Gasteiger partial charge < -0.3 is 28.9 Å². The second-order valence-electron chi connectivity index (χ2n) is 12.2. The fourth-order valence-corrected chi connectivity index (χ4v) is 6.94. The molecule has 1 aliphatic heterocycles. The van der Waals surface area contributed by atoms with Gasteiger partial charge >= 0.3 is 18.9 Å². The monoisotopic (exact) mass is 813 g/mol. The Morgan fingerprint density at radius 2 is 1.72 bits per heavy atom.